The quantitative estimate of drug-likeness (QED) is 0.824. The molecule has 5 nitrogen and oxygen atoms in total. The Bertz CT molecular complexity index is 812. The van der Waals surface area contributed by atoms with E-state index < -0.39 is 22.5 Å². The Morgan fingerprint density at radius 1 is 1.12 bits per heavy atom. The molecule has 0 fully saturated rings. The van der Waals surface area contributed by atoms with E-state index in [9.17, 15) is 21.6 Å². The number of rotatable bonds is 7. The lowest BCUT2D eigenvalue weighted by atomic mass is 10.2. The molecule has 0 aliphatic carbocycles. The number of hydrogen-bond acceptors (Lipinski definition) is 4. The number of halogens is 3. The number of ether oxygens (including phenoxy) is 2. The molecule has 1 N–H and O–H groups in total. The summed E-state index contributed by atoms with van der Waals surface area (Å²) in [7, 11) is -2.79. The van der Waals surface area contributed by atoms with Crippen molar-refractivity contribution in [2.24, 2.45) is 0 Å². The number of sulfonamides is 1. The fourth-order valence-corrected chi connectivity index (χ4v) is 2.95. The van der Waals surface area contributed by atoms with E-state index in [4.69, 9.17) is 4.74 Å². The highest BCUT2D eigenvalue weighted by atomic mass is 32.2. The summed E-state index contributed by atoms with van der Waals surface area (Å²) in [4.78, 5) is -0.312. The summed E-state index contributed by atoms with van der Waals surface area (Å²) in [6.45, 7) is -3.32. The van der Waals surface area contributed by atoms with Crippen LogP contribution >= 0.6 is 0 Å². The van der Waals surface area contributed by atoms with Gasteiger partial charge >= 0.3 is 6.61 Å². The van der Waals surface area contributed by atoms with Gasteiger partial charge in [0.25, 0.3) is 0 Å². The summed E-state index contributed by atoms with van der Waals surface area (Å²) in [6, 6.07) is 8.92. The molecule has 24 heavy (non-hydrogen) atoms. The monoisotopic (exact) mass is 361 g/mol. The van der Waals surface area contributed by atoms with Gasteiger partial charge in [0.05, 0.1) is 12.0 Å². The Kier molecular flexibility index (Phi) is 5.68. The highest BCUT2D eigenvalue weighted by Crippen LogP contribution is 2.23. The van der Waals surface area contributed by atoms with Crippen LogP contribution in [0.4, 0.5) is 13.2 Å². The maximum absolute atomic E-state index is 13.6. The molecular formula is C15H14F3NO4S. The van der Waals surface area contributed by atoms with Gasteiger partial charge in [-0.2, -0.15) is 8.78 Å². The Labute approximate surface area is 137 Å². The van der Waals surface area contributed by atoms with Gasteiger partial charge in [-0.1, -0.05) is 18.2 Å². The minimum Gasteiger partial charge on any atom is -0.494 e. The molecule has 130 valence electrons. The molecule has 0 aliphatic heterocycles. The van der Waals surface area contributed by atoms with Crippen LogP contribution in [0.1, 0.15) is 5.56 Å². The molecule has 0 unspecified atom stereocenters. The van der Waals surface area contributed by atoms with Gasteiger partial charge in [-0.15, -0.1) is 0 Å². The molecule has 0 aromatic heterocycles. The summed E-state index contributed by atoms with van der Waals surface area (Å²) >= 11 is 0. The van der Waals surface area contributed by atoms with E-state index in [-0.39, 0.29) is 28.5 Å². The van der Waals surface area contributed by atoms with Crippen LogP contribution < -0.4 is 14.2 Å². The Balaban J connectivity index is 2.18. The maximum atomic E-state index is 13.6. The molecule has 2 aromatic carbocycles. The molecule has 0 radical (unpaired) electrons. The van der Waals surface area contributed by atoms with Crippen LogP contribution in [0.5, 0.6) is 11.5 Å². The van der Waals surface area contributed by atoms with E-state index >= 15 is 0 Å². The summed E-state index contributed by atoms with van der Waals surface area (Å²) in [6.07, 6.45) is 0. The average molecular weight is 361 g/mol. The number of hydrogen-bond donors (Lipinski definition) is 1. The van der Waals surface area contributed by atoms with Crippen molar-refractivity contribution in [3.63, 3.8) is 0 Å². The maximum Gasteiger partial charge on any atom is 0.387 e. The predicted molar refractivity (Wildman–Crippen MR) is 80.1 cm³/mol. The van der Waals surface area contributed by atoms with Crippen LogP contribution in [-0.2, 0) is 16.6 Å². The van der Waals surface area contributed by atoms with Crippen LogP contribution in [0.2, 0.25) is 0 Å². The lowest BCUT2D eigenvalue weighted by molar-refractivity contribution is -0.0504. The smallest absolute Gasteiger partial charge is 0.387 e. The first-order valence-corrected chi connectivity index (χ1v) is 8.17. The van der Waals surface area contributed by atoms with Gasteiger partial charge in [-0.25, -0.2) is 17.5 Å². The van der Waals surface area contributed by atoms with Crippen LogP contribution in [0.3, 0.4) is 0 Å². The van der Waals surface area contributed by atoms with E-state index in [2.05, 4.69) is 9.46 Å². The van der Waals surface area contributed by atoms with Gasteiger partial charge in [0.15, 0.2) is 11.6 Å². The number of benzene rings is 2. The van der Waals surface area contributed by atoms with Crippen molar-refractivity contribution in [2.75, 3.05) is 7.11 Å². The van der Waals surface area contributed by atoms with Crippen LogP contribution in [0.15, 0.2) is 47.4 Å². The lowest BCUT2D eigenvalue weighted by Crippen LogP contribution is -2.24. The molecular weight excluding hydrogens is 347 g/mol. The Hall–Kier alpha value is -2.26. The molecule has 0 aliphatic rings. The molecule has 9 heteroatoms. The first-order chi connectivity index (χ1) is 11.3. The van der Waals surface area contributed by atoms with Crippen molar-refractivity contribution >= 4 is 10.0 Å². The summed E-state index contributed by atoms with van der Waals surface area (Å²) in [5.74, 6) is -1.07. The molecule has 0 atom stereocenters. The van der Waals surface area contributed by atoms with E-state index in [0.29, 0.717) is 0 Å². The summed E-state index contributed by atoms with van der Waals surface area (Å²) < 4.78 is 73.9. The van der Waals surface area contributed by atoms with Crippen LogP contribution in [0.25, 0.3) is 0 Å². The Morgan fingerprint density at radius 2 is 1.83 bits per heavy atom. The third kappa shape index (κ3) is 4.39. The van der Waals surface area contributed by atoms with E-state index in [1.54, 1.807) is 6.07 Å². The summed E-state index contributed by atoms with van der Waals surface area (Å²) in [5.41, 5.74) is 0.218. The second-order valence-corrected chi connectivity index (χ2v) is 6.37. The highest BCUT2D eigenvalue weighted by Gasteiger charge is 2.18. The number of para-hydroxylation sites is 1. The fourth-order valence-electron chi connectivity index (χ4n) is 1.93. The van der Waals surface area contributed by atoms with Crippen molar-refractivity contribution in [1.82, 2.24) is 4.72 Å². The second kappa shape index (κ2) is 7.54. The van der Waals surface area contributed by atoms with Gasteiger partial charge < -0.3 is 9.47 Å². The van der Waals surface area contributed by atoms with Crippen LogP contribution in [-0.4, -0.2) is 22.1 Å². The molecule has 0 bridgehead atoms. The zero-order valence-electron chi connectivity index (χ0n) is 12.5. The van der Waals surface area contributed by atoms with Gasteiger partial charge in [-0.3, -0.25) is 0 Å². The molecule has 0 saturated carbocycles. The van der Waals surface area contributed by atoms with Crippen molar-refractivity contribution in [3.8, 4) is 11.5 Å². The normalized spacial score (nSPS) is 11.5. The fraction of sp³-hybridized carbons (Fsp3) is 0.200. The lowest BCUT2D eigenvalue weighted by Gasteiger charge is -2.12. The highest BCUT2D eigenvalue weighted by molar-refractivity contribution is 7.89. The number of nitrogens with one attached hydrogen (secondary N) is 1. The topological polar surface area (TPSA) is 64.6 Å². The van der Waals surface area contributed by atoms with Gasteiger partial charge in [0.2, 0.25) is 10.0 Å². The first-order valence-electron chi connectivity index (χ1n) is 6.69. The third-order valence-electron chi connectivity index (χ3n) is 3.07. The standard InChI is InChI=1S/C15H14F3NO4S/c1-22-14-7-6-11(8-12(14)16)24(20,21)19-9-10-4-2-3-5-13(10)23-15(17)18/h2-8,15,19H,9H2,1H3. The predicted octanol–water partition coefficient (Wildman–Crippen LogP) is 2.91. The second-order valence-electron chi connectivity index (χ2n) is 4.61. The molecule has 0 heterocycles. The minimum absolute atomic E-state index is 0.0929. The first kappa shape index (κ1) is 18.1. The molecule has 2 rings (SSSR count). The third-order valence-corrected chi connectivity index (χ3v) is 4.47. The molecule has 0 spiro atoms. The molecule has 0 amide bonds. The van der Waals surface area contributed by atoms with Gasteiger partial charge in [0, 0.05) is 12.1 Å². The molecule has 0 saturated heterocycles. The van der Waals surface area contributed by atoms with Crippen molar-refractivity contribution in [1.29, 1.82) is 0 Å². The van der Waals surface area contributed by atoms with E-state index in [0.717, 1.165) is 6.07 Å². The van der Waals surface area contributed by atoms with Gasteiger partial charge in [0.1, 0.15) is 5.75 Å². The number of alkyl halides is 2. The van der Waals surface area contributed by atoms with Crippen LogP contribution in [0, 0.1) is 5.82 Å². The SMILES string of the molecule is COc1ccc(S(=O)(=O)NCc2ccccc2OC(F)F)cc1F. The van der Waals surface area contributed by atoms with Gasteiger partial charge in [-0.05, 0) is 24.3 Å². The largest absolute Gasteiger partial charge is 0.494 e. The molecule has 2 aromatic rings. The average Bonchev–Trinajstić information content (AvgIpc) is 2.53. The number of methoxy groups -OCH3 is 1. The van der Waals surface area contributed by atoms with E-state index in [1.165, 1.54) is 37.4 Å². The minimum atomic E-state index is -4.04. The Morgan fingerprint density at radius 3 is 2.46 bits per heavy atom. The zero-order chi connectivity index (χ0) is 17.7. The van der Waals surface area contributed by atoms with E-state index in [1.807, 2.05) is 0 Å². The zero-order valence-corrected chi connectivity index (χ0v) is 13.3. The van der Waals surface area contributed by atoms with Crippen molar-refractivity contribution < 1.29 is 31.1 Å². The summed E-state index contributed by atoms with van der Waals surface area (Å²) in [5, 5.41) is 0. The van der Waals surface area contributed by atoms with Crippen molar-refractivity contribution in [2.45, 2.75) is 18.1 Å². The van der Waals surface area contributed by atoms with Crippen molar-refractivity contribution in [3.05, 3.63) is 53.8 Å².